The number of aromatic nitrogens is 2. The third kappa shape index (κ3) is 1.27. The van der Waals surface area contributed by atoms with Gasteiger partial charge in [0, 0.05) is 17.7 Å². The van der Waals surface area contributed by atoms with Crippen molar-refractivity contribution in [2.75, 3.05) is 6.54 Å². The van der Waals surface area contributed by atoms with Crippen LogP contribution in [-0.2, 0) is 5.41 Å². The van der Waals surface area contributed by atoms with Gasteiger partial charge in [0.25, 0.3) is 0 Å². The lowest BCUT2D eigenvalue weighted by Gasteiger charge is -2.25. The van der Waals surface area contributed by atoms with Gasteiger partial charge >= 0.3 is 0 Å². The molecule has 3 heteroatoms. The molecule has 1 aromatic rings. The number of hydrogen-bond acceptors (Lipinski definition) is 2. The van der Waals surface area contributed by atoms with Crippen molar-refractivity contribution >= 4 is 0 Å². The van der Waals surface area contributed by atoms with Crippen LogP contribution in [0.5, 0.6) is 0 Å². The third-order valence-corrected chi connectivity index (χ3v) is 3.28. The van der Waals surface area contributed by atoms with E-state index in [9.17, 15) is 0 Å². The summed E-state index contributed by atoms with van der Waals surface area (Å²) in [5.74, 6) is 0. The molecule has 0 saturated heterocycles. The first-order chi connectivity index (χ1) is 6.28. The highest BCUT2D eigenvalue weighted by Gasteiger charge is 2.37. The van der Waals surface area contributed by atoms with Crippen LogP contribution in [0.15, 0.2) is 6.33 Å². The van der Waals surface area contributed by atoms with Gasteiger partial charge < -0.3 is 10.7 Å². The molecule has 72 valence electrons. The maximum atomic E-state index is 5.88. The normalized spacial score (nSPS) is 20.8. The Morgan fingerprint density at radius 3 is 2.69 bits per heavy atom. The summed E-state index contributed by atoms with van der Waals surface area (Å²) in [4.78, 5) is 7.54. The van der Waals surface area contributed by atoms with Crippen molar-refractivity contribution in [3.8, 4) is 0 Å². The monoisotopic (exact) mass is 179 g/mol. The zero-order valence-electron chi connectivity index (χ0n) is 8.14. The van der Waals surface area contributed by atoms with Gasteiger partial charge in [0.2, 0.25) is 0 Å². The van der Waals surface area contributed by atoms with Gasteiger partial charge in [-0.2, -0.15) is 0 Å². The Bertz CT molecular complexity index is 284. The highest BCUT2D eigenvalue weighted by molar-refractivity contribution is 5.23. The summed E-state index contributed by atoms with van der Waals surface area (Å²) in [6.07, 6.45) is 6.78. The van der Waals surface area contributed by atoms with Crippen LogP contribution in [0.25, 0.3) is 0 Å². The molecule has 0 aromatic carbocycles. The topological polar surface area (TPSA) is 54.7 Å². The summed E-state index contributed by atoms with van der Waals surface area (Å²) < 4.78 is 0. The van der Waals surface area contributed by atoms with Gasteiger partial charge in [-0.05, 0) is 19.8 Å². The molecule has 0 amide bonds. The van der Waals surface area contributed by atoms with Gasteiger partial charge in [0.15, 0.2) is 0 Å². The molecule has 0 radical (unpaired) electrons. The van der Waals surface area contributed by atoms with Crippen LogP contribution in [0.1, 0.15) is 37.1 Å². The molecule has 1 heterocycles. The molecule has 1 aliphatic carbocycles. The molecule has 1 fully saturated rings. The predicted molar refractivity (Wildman–Crippen MR) is 52.5 cm³/mol. The first-order valence-corrected chi connectivity index (χ1v) is 4.99. The maximum Gasteiger partial charge on any atom is 0.0925 e. The van der Waals surface area contributed by atoms with Gasteiger partial charge in [0.1, 0.15) is 0 Å². The number of nitrogens with one attached hydrogen (secondary N) is 1. The number of rotatable bonds is 2. The molecular weight excluding hydrogens is 162 g/mol. The number of hydrogen-bond donors (Lipinski definition) is 2. The highest BCUT2D eigenvalue weighted by Crippen LogP contribution is 2.40. The summed E-state index contributed by atoms with van der Waals surface area (Å²) in [6, 6.07) is 0. The molecule has 0 unspecified atom stereocenters. The minimum atomic E-state index is 0.185. The number of imidazole rings is 1. The van der Waals surface area contributed by atoms with E-state index in [1.54, 1.807) is 6.33 Å². The molecule has 0 aliphatic heterocycles. The molecule has 13 heavy (non-hydrogen) atoms. The van der Waals surface area contributed by atoms with Crippen LogP contribution in [0.4, 0.5) is 0 Å². The lowest BCUT2D eigenvalue weighted by atomic mass is 9.82. The van der Waals surface area contributed by atoms with Crippen molar-refractivity contribution < 1.29 is 0 Å². The van der Waals surface area contributed by atoms with Crippen molar-refractivity contribution in [3.63, 3.8) is 0 Å². The van der Waals surface area contributed by atoms with E-state index in [2.05, 4.69) is 16.9 Å². The highest BCUT2D eigenvalue weighted by atomic mass is 14.9. The van der Waals surface area contributed by atoms with E-state index >= 15 is 0 Å². The molecule has 0 bridgehead atoms. The molecule has 1 aromatic heterocycles. The Kier molecular flexibility index (Phi) is 2.12. The summed E-state index contributed by atoms with van der Waals surface area (Å²) >= 11 is 0. The zero-order valence-corrected chi connectivity index (χ0v) is 8.14. The van der Waals surface area contributed by atoms with Gasteiger partial charge in [-0.15, -0.1) is 0 Å². The van der Waals surface area contributed by atoms with E-state index in [1.165, 1.54) is 37.1 Å². The quantitative estimate of drug-likeness (QED) is 0.722. The standard InChI is InChI=1S/C10H17N3/c1-8-9(13-7-12-8)10(6-11)4-2-3-5-10/h7H,2-6,11H2,1H3,(H,12,13). The van der Waals surface area contributed by atoms with E-state index in [-0.39, 0.29) is 5.41 Å². The van der Waals surface area contributed by atoms with Crippen LogP contribution in [0.2, 0.25) is 0 Å². The first-order valence-electron chi connectivity index (χ1n) is 4.99. The number of nitrogens with zero attached hydrogens (tertiary/aromatic N) is 1. The Morgan fingerprint density at radius 2 is 2.23 bits per heavy atom. The van der Waals surface area contributed by atoms with Crippen LogP contribution in [0.3, 0.4) is 0 Å². The van der Waals surface area contributed by atoms with Crippen molar-refractivity contribution in [2.24, 2.45) is 5.73 Å². The van der Waals surface area contributed by atoms with Gasteiger partial charge in [-0.1, -0.05) is 12.8 Å². The molecule has 3 N–H and O–H groups in total. The van der Waals surface area contributed by atoms with Crippen LogP contribution < -0.4 is 5.73 Å². The Hall–Kier alpha value is -0.830. The molecule has 1 saturated carbocycles. The van der Waals surface area contributed by atoms with Crippen LogP contribution in [-0.4, -0.2) is 16.5 Å². The van der Waals surface area contributed by atoms with E-state index in [0.29, 0.717) is 0 Å². The number of aryl methyl sites for hydroxylation is 1. The average Bonchev–Trinajstić information content (AvgIpc) is 2.73. The molecule has 3 nitrogen and oxygen atoms in total. The number of nitrogens with two attached hydrogens (primary N) is 1. The van der Waals surface area contributed by atoms with Crippen molar-refractivity contribution in [2.45, 2.75) is 38.0 Å². The van der Waals surface area contributed by atoms with Crippen LogP contribution >= 0.6 is 0 Å². The van der Waals surface area contributed by atoms with Crippen LogP contribution in [0, 0.1) is 6.92 Å². The summed E-state index contributed by atoms with van der Waals surface area (Å²) in [6.45, 7) is 2.82. The summed E-state index contributed by atoms with van der Waals surface area (Å²) in [7, 11) is 0. The average molecular weight is 179 g/mol. The van der Waals surface area contributed by atoms with Gasteiger partial charge in [-0.25, -0.2) is 4.98 Å². The smallest absolute Gasteiger partial charge is 0.0925 e. The Balaban J connectivity index is 2.36. The van der Waals surface area contributed by atoms with Crippen molar-refractivity contribution in [1.29, 1.82) is 0 Å². The minimum Gasteiger partial charge on any atom is -0.348 e. The molecule has 0 atom stereocenters. The zero-order chi connectivity index (χ0) is 9.31. The van der Waals surface area contributed by atoms with Crippen molar-refractivity contribution in [3.05, 3.63) is 17.7 Å². The molecule has 0 spiro atoms. The van der Waals surface area contributed by atoms with Gasteiger partial charge in [-0.3, -0.25) is 0 Å². The summed E-state index contributed by atoms with van der Waals surface area (Å²) in [5.41, 5.74) is 8.45. The Morgan fingerprint density at radius 1 is 1.54 bits per heavy atom. The fourth-order valence-corrected chi connectivity index (χ4v) is 2.48. The molecule has 2 rings (SSSR count). The number of aromatic amines is 1. The van der Waals surface area contributed by atoms with Gasteiger partial charge in [0.05, 0.1) is 12.0 Å². The lowest BCUT2D eigenvalue weighted by molar-refractivity contribution is 0.439. The minimum absolute atomic E-state index is 0.185. The summed E-state index contributed by atoms with van der Waals surface area (Å²) in [5, 5.41) is 0. The second-order valence-corrected chi connectivity index (χ2v) is 4.07. The van der Waals surface area contributed by atoms with E-state index in [0.717, 1.165) is 6.54 Å². The number of H-pyrrole nitrogens is 1. The van der Waals surface area contributed by atoms with Crippen molar-refractivity contribution in [1.82, 2.24) is 9.97 Å². The van der Waals surface area contributed by atoms with E-state index < -0.39 is 0 Å². The largest absolute Gasteiger partial charge is 0.348 e. The fourth-order valence-electron chi connectivity index (χ4n) is 2.48. The predicted octanol–water partition coefficient (Wildman–Crippen LogP) is 1.49. The maximum absolute atomic E-state index is 5.88. The molecular formula is C10H17N3. The first kappa shape index (κ1) is 8.75. The lowest BCUT2D eigenvalue weighted by Crippen LogP contribution is -2.33. The van der Waals surface area contributed by atoms with E-state index in [4.69, 9.17) is 5.73 Å². The second-order valence-electron chi connectivity index (χ2n) is 4.07. The Labute approximate surface area is 78.7 Å². The third-order valence-electron chi connectivity index (χ3n) is 3.28. The molecule has 1 aliphatic rings. The second kappa shape index (κ2) is 3.14. The SMILES string of the molecule is Cc1[nH]cnc1C1(CN)CCCC1. The fraction of sp³-hybridized carbons (Fsp3) is 0.700. The van der Waals surface area contributed by atoms with E-state index in [1.807, 2.05) is 0 Å².